The number of rotatable bonds is 1. The van der Waals surface area contributed by atoms with Gasteiger partial charge in [-0.1, -0.05) is 17.6 Å². The highest BCUT2D eigenvalue weighted by Gasteiger charge is 2.08. The summed E-state index contributed by atoms with van der Waals surface area (Å²) in [5, 5.41) is 0. The quantitative estimate of drug-likeness (QED) is 0.515. The monoisotopic (exact) mass is 160 g/mol. The van der Waals surface area contributed by atoms with E-state index in [0.717, 1.165) is 6.42 Å². The van der Waals surface area contributed by atoms with Crippen LogP contribution in [0, 0.1) is 12.3 Å². The normalized spacial score (nSPS) is 17.1. The van der Waals surface area contributed by atoms with Gasteiger partial charge >= 0.3 is 0 Å². The van der Waals surface area contributed by atoms with Crippen LogP contribution >= 0.6 is 0 Å². The molecule has 0 fully saturated rings. The van der Waals surface area contributed by atoms with Gasteiger partial charge in [-0.3, -0.25) is 0 Å². The lowest BCUT2D eigenvalue weighted by Crippen LogP contribution is -1.96. The molecule has 1 aliphatic rings. The number of hydrogen-bond acceptors (Lipinski definition) is 0. The van der Waals surface area contributed by atoms with Crippen LogP contribution in [-0.4, -0.2) is 0 Å². The maximum atomic E-state index is 5.43. The SMILES string of the molecule is C#CC1=C(C=C(C)C)CCCC1. The number of hydrogen-bond donors (Lipinski definition) is 0. The second-order valence-corrected chi connectivity index (χ2v) is 3.58. The molecule has 0 atom stereocenters. The standard InChI is InChI=1S/C12H16/c1-4-11-7-5-6-8-12(11)9-10(2)3/h1,9H,5-8H2,2-3H3. The predicted molar refractivity (Wildman–Crippen MR) is 53.8 cm³/mol. The third-order valence-electron chi connectivity index (χ3n) is 2.15. The molecule has 0 radical (unpaired) electrons. The van der Waals surface area contributed by atoms with Gasteiger partial charge in [0.05, 0.1) is 0 Å². The molecule has 64 valence electrons. The van der Waals surface area contributed by atoms with Gasteiger partial charge in [0.2, 0.25) is 0 Å². The van der Waals surface area contributed by atoms with Crippen molar-refractivity contribution in [2.75, 3.05) is 0 Å². The molecule has 0 aromatic heterocycles. The largest absolute Gasteiger partial charge is 0.115 e. The molecule has 0 aromatic rings. The van der Waals surface area contributed by atoms with E-state index in [1.807, 2.05) is 0 Å². The van der Waals surface area contributed by atoms with E-state index in [1.54, 1.807) is 0 Å². The predicted octanol–water partition coefficient (Wildman–Crippen LogP) is 3.46. The van der Waals surface area contributed by atoms with Gasteiger partial charge in [0.1, 0.15) is 0 Å². The van der Waals surface area contributed by atoms with Crippen LogP contribution in [0.5, 0.6) is 0 Å². The molecule has 0 saturated heterocycles. The lowest BCUT2D eigenvalue weighted by atomic mass is 9.91. The minimum absolute atomic E-state index is 1.11. The summed E-state index contributed by atoms with van der Waals surface area (Å²) in [5.41, 5.74) is 3.96. The Labute approximate surface area is 75.4 Å². The highest BCUT2D eigenvalue weighted by Crippen LogP contribution is 2.25. The molecule has 0 aliphatic heterocycles. The van der Waals surface area contributed by atoms with Crippen LogP contribution in [-0.2, 0) is 0 Å². The van der Waals surface area contributed by atoms with E-state index < -0.39 is 0 Å². The zero-order valence-electron chi connectivity index (χ0n) is 7.98. The topological polar surface area (TPSA) is 0 Å². The summed E-state index contributed by atoms with van der Waals surface area (Å²) in [4.78, 5) is 0. The van der Waals surface area contributed by atoms with E-state index in [-0.39, 0.29) is 0 Å². The van der Waals surface area contributed by atoms with Gasteiger partial charge < -0.3 is 0 Å². The third-order valence-corrected chi connectivity index (χ3v) is 2.15. The first kappa shape index (κ1) is 9.13. The zero-order valence-corrected chi connectivity index (χ0v) is 7.98. The first-order chi connectivity index (χ1) is 5.74. The van der Waals surface area contributed by atoms with Crippen molar-refractivity contribution < 1.29 is 0 Å². The van der Waals surface area contributed by atoms with Gasteiger partial charge in [0.25, 0.3) is 0 Å². The minimum Gasteiger partial charge on any atom is -0.115 e. The van der Waals surface area contributed by atoms with E-state index in [0.29, 0.717) is 0 Å². The molecule has 0 aromatic carbocycles. The van der Waals surface area contributed by atoms with Crippen LogP contribution < -0.4 is 0 Å². The summed E-state index contributed by atoms with van der Waals surface area (Å²) in [7, 11) is 0. The lowest BCUT2D eigenvalue weighted by Gasteiger charge is -2.13. The van der Waals surface area contributed by atoms with Crippen LogP contribution in [0.3, 0.4) is 0 Å². The smallest absolute Gasteiger partial charge is 0.00495 e. The van der Waals surface area contributed by atoms with Crippen molar-refractivity contribution in [3.05, 3.63) is 22.8 Å². The average molecular weight is 160 g/mol. The summed E-state index contributed by atoms with van der Waals surface area (Å²) in [6.07, 6.45) is 12.5. The van der Waals surface area contributed by atoms with E-state index in [4.69, 9.17) is 6.42 Å². The summed E-state index contributed by atoms with van der Waals surface area (Å²) < 4.78 is 0. The van der Waals surface area contributed by atoms with Crippen molar-refractivity contribution >= 4 is 0 Å². The molecule has 12 heavy (non-hydrogen) atoms. The fourth-order valence-electron chi connectivity index (χ4n) is 1.60. The summed E-state index contributed by atoms with van der Waals surface area (Å²) in [6, 6.07) is 0. The molecule has 0 unspecified atom stereocenters. The fraction of sp³-hybridized carbons (Fsp3) is 0.500. The van der Waals surface area contributed by atoms with Gasteiger partial charge in [0.15, 0.2) is 0 Å². The van der Waals surface area contributed by atoms with Gasteiger partial charge in [-0.25, -0.2) is 0 Å². The first-order valence-electron chi connectivity index (χ1n) is 4.57. The Hall–Kier alpha value is -0.960. The molecule has 0 amide bonds. The van der Waals surface area contributed by atoms with Gasteiger partial charge in [0, 0.05) is 5.57 Å². The van der Waals surface area contributed by atoms with Crippen molar-refractivity contribution in [2.45, 2.75) is 39.5 Å². The molecular formula is C12H16. The Bertz CT molecular complexity index is 254. The lowest BCUT2D eigenvalue weighted by molar-refractivity contribution is 0.696. The molecular weight excluding hydrogens is 144 g/mol. The van der Waals surface area contributed by atoms with Crippen LogP contribution in [0.1, 0.15) is 39.5 Å². The second kappa shape index (κ2) is 4.16. The Balaban J connectivity index is 2.90. The van der Waals surface area contributed by atoms with Crippen molar-refractivity contribution in [3.63, 3.8) is 0 Å². The molecule has 0 bridgehead atoms. The zero-order chi connectivity index (χ0) is 8.97. The Morgan fingerprint density at radius 2 is 2.00 bits per heavy atom. The van der Waals surface area contributed by atoms with Crippen LogP contribution in [0.4, 0.5) is 0 Å². The minimum atomic E-state index is 1.11. The van der Waals surface area contributed by atoms with Crippen LogP contribution in [0.2, 0.25) is 0 Å². The fourth-order valence-corrected chi connectivity index (χ4v) is 1.60. The summed E-state index contributed by atoms with van der Waals surface area (Å²) in [5.74, 6) is 2.79. The molecule has 0 spiro atoms. The van der Waals surface area contributed by atoms with Crippen molar-refractivity contribution in [2.24, 2.45) is 0 Å². The van der Waals surface area contributed by atoms with E-state index in [1.165, 1.54) is 36.0 Å². The van der Waals surface area contributed by atoms with Crippen molar-refractivity contribution in [1.82, 2.24) is 0 Å². The molecule has 0 heteroatoms. The first-order valence-corrected chi connectivity index (χ1v) is 4.57. The maximum Gasteiger partial charge on any atom is 0.00495 e. The van der Waals surface area contributed by atoms with Crippen molar-refractivity contribution in [1.29, 1.82) is 0 Å². The van der Waals surface area contributed by atoms with E-state index in [9.17, 15) is 0 Å². The van der Waals surface area contributed by atoms with Gasteiger partial charge in [-0.2, -0.15) is 0 Å². The molecule has 1 aliphatic carbocycles. The average Bonchev–Trinajstić information content (AvgIpc) is 2.04. The van der Waals surface area contributed by atoms with Crippen LogP contribution in [0.15, 0.2) is 22.8 Å². The number of terminal acetylenes is 1. The Morgan fingerprint density at radius 3 is 2.58 bits per heavy atom. The Kier molecular flexibility index (Phi) is 3.17. The number of allylic oxidation sites excluding steroid dienone is 4. The molecule has 0 saturated carbocycles. The van der Waals surface area contributed by atoms with Gasteiger partial charge in [-0.15, -0.1) is 6.42 Å². The van der Waals surface area contributed by atoms with E-state index >= 15 is 0 Å². The van der Waals surface area contributed by atoms with E-state index in [2.05, 4.69) is 25.8 Å². The summed E-state index contributed by atoms with van der Waals surface area (Å²) in [6.45, 7) is 4.24. The van der Waals surface area contributed by atoms with Gasteiger partial charge in [-0.05, 0) is 45.1 Å². The maximum absolute atomic E-state index is 5.43. The molecule has 0 heterocycles. The highest BCUT2D eigenvalue weighted by atomic mass is 14.1. The summed E-state index contributed by atoms with van der Waals surface area (Å²) >= 11 is 0. The van der Waals surface area contributed by atoms with Crippen molar-refractivity contribution in [3.8, 4) is 12.3 Å². The third kappa shape index (κ3) is 2.27. The Morgan fingerprint density at radius 1 is 1.33 bits per heavy atom. The second-order valence-electron chi connectivity index (χ2n) is 3.58. The molecule has 0 N–H and O–H groups in total. The highest BCUT2D eigenvalue weighted by molar-refractivity contribution is 5.39. The molecule has 0 nitrogen and oxygen atoms in total. The molecule has 1 rings (SSSR count). The van der Waals surface area contributed by atoms with Crippen LogP contribution in [0.25, 0.3) is 0 Å².